The van der Waals surface area contributed by atoms with Gasteiger partial charge >= 0.3 is 0 Å². The van der Waals surface area contributed by atoms with Crippen molar-refractivity contribution in [2.45, 2.75) is 32.9 Å². The second kappa shape index (κ2) is 11.8. The first-order chi connectivity index (χ1) is 14.3. The summed E-state index contributed by atoms with van der Waals surface area (Å²) in [5.41, 5.74) is 1.41. The smallest absolute Gasteiger partial charge is 0.221 e. The Morgan fingerprint density at radius 2 is 1.27 bits per heavy atom. The van der Waals surface area contributed by atoms with E-state index in [-0.39, 0.29) is 24.5 Å². The van der Waals surface area contributed by atoms with Gasteiger partial charge in [0.05, 0.1) is 0 Å². The van der Waals surface area contributed by atoms with Crippen molar-refractivity contribution >= 4 is 23.2 Å². The Kier molecular flexibility index (Phi) is 9.11. The predicted molar refractivity (Wildman–Crippen MR) is 116 cm³/mol. The van der Waals surface area contributed by atoms with E-state index in [0.29, 0.717) is 36.0 Å². The number of hydrogen-bond acceptors (Lipinski definition) is 6. The van der Waals surface area contributed by atoms with Gasteiger partial charge < -0.3 is 30.5 Å². The highest BCUT2D eigenvalue weighted by molar-refractivity contribution is 5.89. The van der Waals surface area contributed by atoms with E-state index >= 15 is 0 Å². The molecule has 0 aliphatic heterocycles. The number of carbonyl (C=O) groups excluding carboxylic acids is 2. The summed E-state index contributed by atoms with van der Waals surface area (Å²) in [6.07, 6.45) is -0.681. The second-order valence-electron chi connectivity index (χ2n) is 7.00. The quantitative estimate of drug-likeness (QED) is 0.449. The number of aliphatic hydroxyl groups is 1. The van der Waals surface area contributed by atoms with Gasteiger partial charge in [-0.25, -0.2) is 0 Å². The molecule has 30 heavy (non-hydrogen) atoms. The lowest BCUT2D eigenvalue weighted by molar-refractivity contribution is -0.115. The van der Waals surface area contributed by atoms with E-state index in [1.807, 2.05) is 6.92 Å². The Hall–Kier alpha value is -3.10. The maximum Gasteiger partial charge on any atom is 0.221 e. The minimum atomic E-state index is -0.681. The van der Waals surface area contributed by atoms with Crippen LogP contribution in [0.1, 0.15) is 20.8 Å². The second-order valence-corrected chi connectivity index (χ2v) is 7.00. The van der Waals surface area contributed by atoms with Crippen molar-refractivity contribution < 1.29 is 24.2 Å². The molecule has 162 valence electrons. The molecule has 2 rings (SSSR count). The first-order valence-electron chi connectivity index (χ1n) is 9.74. The van der Waals surface area contributed by atoms with Gasteiger partial charge in [-0.1, -0.05) is 0 Å². The van der Waals surface area contributed by atoms with Gasteiger partial charge in [-0.05, 0) is 55.5 Å². The molecule has 0 spiro atoms. The third-order valence-electron chi connectivity index (χ3n) is 3.99. The van der Waals surface area contributed by atoms with Crippen LogP contribution in [-0.4, -0.2) is 48.8 Å². The lowest BCUT2D eigenvalue weighted by Crippen LogP contribution is -2.39. The van der Waals surface area contributed by atoms with Gasteiger partial charge in [-0.3, -0.25) is 9.59 Å². The average molecular weight is 415 g/mol. The van der Waals surface area contributed by atoms with Crippen LogP contribution in [0.5, 0.6) is 11.5 Å². The van der Waals surface area contributed by atoms with Crippen LogP contribution in [0, 0.1) is 0 Å². The van der Waals surface area contributed by atoms with E-state index in [9.17, 15) is 14.7 Å². The maximum absolute atomic E-state index is 11.0. The van der Waals surface area contributed by atoms with Gasteiger partial charge in [0.15, 0.2) is 0 Å². The fourth-order valence-electron chi connectivity index (χ4n) is 2.54. The summed E-state index contributed by atoms with van der Waals surface area (Å²) in [5.74, 6) is 1.06. The van der Waals surface area contributed by atoms with Crippen LogP contribution in [0.15, 0.2) is 48.5 Å². The third kappa shape index (κ3) is 8.93. The molecule has 2 aromatic rings. The number of rotatable bonds is 11. The topological polar surface area (TPSA) is 109 Å². The van der Waals surface area contributed by atoms with Crippen LogP contribution in [0.3, 0.4) is 0 Å². The summed E-state index contributed by atoms with van der Waals surface area (Å²) in [4.78, 5) is 22.0. The van der Waals surface area contributed by atoms with Crippen LogP contribution in [0.25, 0.3) is 0 Å². The molecular weight excluding hydrogens is 386 g/mol. The molecule has 0 aliphatic carbocycles. The molecule has 2 amide bonds. The molecule has 0 bridgehead atoms. The van der Waals surface area contributed by atoms with Crippen LogP contribution in [-0.2, 0) is 9.59 Å². The van der Waals surface area contributed by atoms with Gasteiger partial charge in [0.2, 0.25) is 11.8 Å². The summed E-state index contributed by atoms with van der Waals surface area (Å²) in [7, 11) is 0. The molecular formula is C22H29N3O5. The van der Waals surface area contributed by atoms with Gasteiger partial charge in [0, 0.05) is 37.8 Å². The zero-order valence-corrected chi connectivity index (χ0v) is 17.5. The van der Waals surface area contributed by atoms with Crippen LogP contribution >= 0.6 is 0 Å². The highest BCUT2D eigenvalue weighted by Crippen LogP contribution is 2.16. The van der Waals surface area contributed by atoms with E-state index in [4.69, 9.17) is 9.47 Å². The Morgan fingerprint density at radius 3 is 1.70 bits per heavy atom. The minimum Gasteiger partial charge on any atom is -0.492 e. The maximum atomic E-state index is 11.0. The summed E-state index contributed by atoms with van der Waals surface area (Å²) < 4.78 is 11.3. The predicted octanol–water partition coefficient (Wildman–Crippen LogP) is 2.40. The lowest BCUT2D eigenvalue weighted by atomic mass is 10.3. The van der Waals surface area contributed by atoms with Crippen molar-refractivity contribution in [1.29, 1.82) is 0 Å². The van der Waals surface area contributed by atoms with Gasteiger partial charge in [0.1, 0.15) is 30.8 Å². The molecule has 0 saturated heterocycles. The fourth-order valence-corrected chi connectivity index (χ4v) is 2.54. The van der Waals surface area contributed by atoms with Gasteiger partial charge in [-0.2, -0.15) is 0 Å². The van der Waals surface area contributed by atoms with Crippen molar-refractivity contribution in [2.75, 3.05) is 30.4 Å². The molecule has 4 N–H and O–H groups in total. The molecule has 0 radical (unpaired) electrons. The zero-order chi connectivity index (χ0) is 21.9. The number of hydrogen-bond donors (Lipinski definition) is 4. The number of carbonyl (C=O) groups is 2. The molecule has 8 heteroatoms. The van der Waals surface area contributed by atoms with Crippen molar-refractivity contribution in [3.8, 4) is 11.5 Å². The summed E-state index contributed by atoms with van der Waals surface area (Å²) >= 11 is 0. The molecule has 8 nitrogen and oxygen atoms in total. The standard InChI is InChI=1S/C22H29N3O5/c1-15(13-29-21-8-4-18(5-9-21)24-16(2)26)23-12-20(28)14-30-22-10-6-19(7-11-22)25-17(3)27/h4-11,15,20,23,28H,12-14H2,1-3H3,(H,24,26)(H,25,27). The number of amides is 2. The first kappa shape index (κ1) is 23.2. The average Bonchev–Trinajstić information content (AvgIpc) is 2.70. The molecule has 0 aliphatic rings. The monoisotopic (exact) mass is 415 g/mol. The first-order valence-corrected chi connectivity index (χ1v) is 9.74. The third-order valence-corrected chi connectivity index (χ3v) is 3.99. The van der Waals surface area contributed by atoms with Crippen molar-refractivity contribution in [2.24, 2.45) is 0 Å². The normalized spacial score (nSPS) is 12.5. The Bertz CT molecular complexity index is 739. The van der Waals surface area contributed by atoms with E-state index in [1.54, 1.807) is 48.5 Å². The lowest BCUT2D eigenvalue weighted by Gasteiger charge is -2.18. The Morgan fingerprint density at radius 1 is 0.833 bits per heavy atom. The molecule has 2 unspecified atom stereocenters. The van der Waals surface area contributed by atoms with E-state index < -0.39 is 6.10 Å². The fraction of sp³-hybridized carbons (Fsp3) is 0.364. The minimum absolute atomic E-state index is 0.0200. The van der Waals surface area contributed by atoms with Crippen LogP contribution in [0.4, 0.5) is 11.4 Å². The SMILES string of the molecule is CC(=O)Nc1ccc(OCC(O)CNC(C)COc2ccc(NC(C)=O)cc2)cc1. The van der Waals surface area contributed by atoms with E-state index in [1.165, 1.54) is 13.8 Å². The van der Waals surface area contributed by atoms with E-state index in [0.717, 1.165) is 0 Å². The number of anilines is 2. The number of ether oxygens (including phenoxy) is 2. The highest BCUT2D eigenvalue weighted by atomic mass is 16.5. The van der Waals surface area contributed by atoms with Crippen LogP contribution in [0.2, 0.25) is 0 Å². The van der Waals surface area contributed by atoms with Crippen molar-refractivity contribution in [3.05, 3.63) is 48.5 Å². The number of nitrogens with one attached hydrogen (secondary N) is 3. The summed E-state index contributed by atoms with van der Waals surface area (Å²) in [5, 5.41) is 18.7. The summed E-state index contributed by atoms with van der Waals surface area (Å²) in [6.45, 7) is 5.79. The highest BCUT2D eigenvalue weighted by Gasteiger charge is 2.09. The molecule has 0 heterocycles. The largest absolute Gasteiger partial charge is 0.492 e. The molecule has 0 saturated carbocycles. The van der Waals surface area contributed by atoms with E-state index in [2.05, 4.69) is 16.0 Å². The number of aliphatic hydroxyl groups excluding tert-OH is 1. The summed E-state index contributed by atoms with van der Waals surface area (Å²) in [6, 6.07) is 14.1. The molecule has 2 atom stereocenters. The zero-order valence-electron chi connectivity index (χ0n) is 17.5. The molecule has 0 aromatic heterocycles. The number of benzene rings is 2. The van der Waals surface area contributed by atoms with Gasteiger partial charge in [0.25, 0.3) is 0 Å². The molecule has 2 aromatic carbocycles. The van der Waals surface area contributed by atoms with Crippen LogP contribution < -0.4 is 25.4 Å². The Labute approximate surface area is 176 Å². The van der Waals surface area contributed by atoms with Gasteiger partial charge in [-0.15, -0.1) is 0 Å². The molecule has 0 fully saturated rings. The van der Waals surface area contributed by atoms with Crippen molar-refractivity contribution in [3.63, 3.8) is 0 Å². The van der Waals surface area contributed by atoms with Crippen molar-refractivity contribution in [1.82, 2.24) is 5.32 Å². The Balaban J connectivity index is 1.64.